The Balaban J connectivity index is 2.24. The first-order valence-electron chi connectivity index (χ1n) is 5.98. The molecule has 1 aromatic carbocycles. The number of aromatic nitrogens is 2. The summed E-state index contributed by atoms with van der Waals surface area (Å²) in [4.78, 5) is 21.1. The number of aryl methyl sites for hydroxylation is 2. The van der Waals surface area contributed by atoms with Gasteiger partial charge < -0.3 is 4.74 Å². The number of non-ortho nitro benzene ring substituents is 1. The molecule has 0 bridgehead atoms. The zero-order valence-corrected chi connectivity index (χ0v) is 13.0. The highest BCUT2D eigenvalue weighted by atomic mass is 79.9. The largest absolute Gasteiger partial charge is 0.487 e. The summed E-state index contributed by atoms with van der Waals surface area (Å²) in [6, 6.07) is 3.90. The highest BCUT2D eigenvalue weighted by molar-refractivity contribution is 9.10. The van der Waals surface area contributed by atoms with Gasteiger partial charge in [0.25, 0.3) is 5.69 Å². The number of benzene rings is 1. The molecule has 2 aromatic rings. The van der Waals surface area contributed by atoms with E-state index in [0.29, 0.717) is 12.0 Å². The van der Waals surface area contributed by atoms with Crippen molar-refractivity contribution in [1.29, 1.82) is 0 Å². The van der Waals surface area contributed by atoms with E-state index in [9.17, 15) is 14.9 Å². The van der Waals surface area contributed by atoms with Gasteiger partial charge in [-0.2, -0.15) is 5.10 Å². The van der Waals surface area contributed by atoms with E-state index in [2.05, 4.69) is 21.0 Å². The minimum Gasteiger partial charge on any atom is -0.487 e. The van der Waals surface area contributed by atoms with Gasteiger partial charge in [-0.25, -0.2) is 0 Å². The lowest BCUT2D eigenvalue weighted by Gasteiger charge is -2.09. The maximum Gasteiger partial charge on any atom is 0.270 e. The van der Waals surface area contributed by atoms with Crippen molar-refractivity contribution < 1.29 is 14.5 Å². The molecule has 1 heterocycles. The minimum absolute atomic E-state index is 0.138. The lowest BCUT2D eigenvalue weighted by molar-refractivity contribution is -0.384. The second kappa shape index (κ2) is 6.04. The van der Waals surface area contributed by atoms with Gasteiger partial charge >= 0.3 is 0 Å². The number of aldehydes is 1. The Hall–Kier alpha value is -2.22. The lowest BCUT2D eigenvalue weighted by Crippen LogP contribution is -2.05. The first-order chi connectivity index (χ1) is 9.93. The summed E-state index contributed by atoms with van der Waals surface area (Å²) in [5, 5.41) is 14.9. The Morgan fingerprint density at radius 2 is 2.24 bits per heavy atom. The van der Waals surface area contributed by atoms with Gasteiger partial charge in [-0.3, -0.25) is 19.6 Å². The second-order valence-corrected chi connectivity index (χ2v) is 5.15. The Morgan fingerprint density at radius 1 is 1.52 bits per heavy atom. The average molecular weight is 354 g/mol. The standard InChI is InChI=1S/C13H12BrN3O4/c1-8-13(14)11(16(2)15-8)7-21-12-4-3-10(17(19)20)5-9(12)6-18/h3-6H,7H2,1-2H3. The highest BCUT2D eigenvalue weighted by Gasteiger charge is 2.14. The van der Waals surface area contributed by atoms with Crippen molar-refractivity contribution in [2.24, 2.45) is 7.05 Å². The molecule has 1 aromatic heterocycles. The van der Waals surface area contributed by atoms with Gasteiger partial charge in [-0.1, -0.05) is 0 Å². The fourth-order valence-corrected chi connectivity index (χ4v) is 2.31. The topological polar surface area (TPSA) is 87.3 Å². The molecular weight excluding hydrogens is 342 g/mol. The summed E-state index contributed by atoms with van der Waals surface area (Å²) in [5.74, 6) is 0.293. The molecule has 7 nitrogen and oxygen atoms in total. The van der Waals surface area contributed by atoms with Crippen LogP contribution in [0.1, 0.15) is 21.7 Å². The van der Waals surface area contributed by atoms with E-state index >= 15 is 0 Å². The summed E-state index contributed by atoms with van der Waals surface area (Å²) in [6.45, 7) is 2.05. The Labute approximate surface area is 128 Å². The molecule has 0 spiro atoms. The van der Waals surface area contributed by atoms with Crippen LogP contribution < -0.4 is 4.74 Å². The molecular formula is C13H12BrN3O4. The van der Waals surface area contributed by atoms with Crippen molar-refractivity contribution in [1.82, 2.24) is 9.78 Å². The van der Waals surface area contributed by atoms with Gasteiger partial charge in [0.2, 0.25) is 0 Å². The summed E-state index contributed by atoms with van der Waals surface area (Å²) in [7, 11) is 1.78. The predicted molar refractivity (Wildman–Crippen MR) is 78.5 cm³/mol. The fraction of sp³-hybridized carbons (Fsp3) is 0.231. The van der Waals surface area contributed by atoms with Gasteiger partial charge in [0.1, 0.15) is 12.4 Å². The van der Waals surface area contributed by atoms with E-state index < -0.39 is 4.92 Å². The smallest absolute Gasteiger partial charge is 0.270 e. The van der Waals surface area contributed by atoms with Crippen molar-refractivity contribution >= 4 is 27.9 Å². The minimum atomic E-state index is -0.558. The van der Waals surface area contributed by atoms with E-state index in [1.807, 2.05) is 6.92 Å². The molecule has 0 radical (unpaired) electrons. The molecule has 0 N–H and O–H groups in total. The van der Waals surface area contributed by atoms with Crippen LogP contribution in [0.15, 0.2) is 22.7 Å². The third-order valence-corrected chi connectivity index (χ3v) is 3.99. The normalized spacial score (nSPS) is 10.4. The van der Waals surface area contributed by atoms with E-state index in [1.165, 1.54) is 18.2 Å². The van der Waals surface area contributed by atoms with Crippen molar-refractivity contribution in [3.8, 4) is 5.75 Å². The van der Waals surface area contributed by atoms with E-state index in [4.69, 9.17) is 4.74 Å². The average Bonchev–Trinajstić information content (AvgIpc) is 2.70. The summed E-state index contributed by atoms with van der Waals surface area (Å²) in [6.07, 6.45) is 0.534. The molecule has 110 valence electrons. The molecule has 0 fully saturated rings. The van der Waals surface area contributed by atoms with Crippen LogP contribution in [0.2, 0.25) is 0 Å². The van der Waals surface area contributed by atoms with E-state index in [-0.39, 0.29) is 17.9 Å². The number of nitro benzene ring substituents is 1. The molecule has 21 heavy (non-hydrogen) atoms. The van der Waals surface area contributed by atoms with E-state index in [1.54, 1.807) is 11.7 Å². The monoisotopic (exact) mass is 353 g/mol. The molecule has 0 saturated heterocycles. The Morgan fingerprint density at radius 3 is 2.76 bits per heavy atom. The number of ether oxygens (including phenoxy) is 1. The van der Waals surface area contributed by atoms with Gasteiger partial charge in [0.15, 0.2) is 6.29 Å². The molecule has 2 rings (SSSR count). The third-order valence-electron chi connectivity index (χ3n) is 2.96. The molecule has 0 aliphatic rings. The molecule has 0 atom stereocenters. The zero-order chi connectivity index (χ0) is 15.6. The molecule has 0 unspecified atom stereocenters. The van der Waals surface area contributed by atoms with Crippen LogP contribution in [0.25, 0.3) is 0 Å². The zero-order valence-electron chi connectivity index (χ0n) is 11.4. The number of hydrogen-bond acceptors (Lipinski definition) is 5. The van der Waals surface area contributed by atoms with Crippen molar-refractivity contribution in [2.75, 3.05) is 0 Å². The highest BCUT2D eigenvalue weighted by Crippen LogP contribution is 2.26. The van der Waals surface area contributed by atoms with Crippen LogP contribution in [0.4, 0.5) is 5.69 Å². The van der Waals surface area contributed by atoms with Crippen LogP contribution in [-0.4, -0.2) is 21.0 Å². The first-order valence-corrected chi connectivity index (χ1v) is 6.77. The van der Waals surface area contributed by atoms with Crippen molar-refractivity contribution in [2.45, 2.75) is 13.5 Å². The van der Waals surface area contributed by atoms with Crippen LogP contribution in [0, 0.1) is 17.0 Å². The first kappa shape index (κ1) is 15.2. The fourth-order valence-electron chi connectivity index (χ4n) is 1.86. The maximum absolute atomic E-state index is 11.0. The van der Waals surface area contributed by atoms with Crippen LogP contribution in [0.3, 0.4) is 0 Å². The molecule has 8 heteroatoms. The van der Waals surface area contributed by atoms with Gasteiger partial charge in [0, 0.05) is 19.2 Å². The lowest BCUT2D eigenvalue weighted by atomic mass is 10.2. The van der Waals surface area contributed by atoms with Gasteiger partial charge in [0.05, 0.1) is 26.3 Å². The van der Waals surface area contributed by atoms with Crippen molar-refractivity contribution in [3.05, 3.63) is 49.7 Å². The second-order valence-electron chi connectivity index (χ2n) is 4.36. The molecule has 0 aliphatic carbocycles. The van der Waals surface area contributed by atoms with Crippen molar-refractivity contribution in [3.63, 3.8) is 0 Å². The SMILES string of the molecule is Cc1nn(C)c(COc2ccc([N+](=O)[O-])cc2C=O)c1Br. The molecule has 0 amide bonds. The predicted octanol–water partition coefficient (Wildman–Crippen LogP) is 2.79. The van der Waals surface area contributed by atoms with E-state index in [0.717, 1.165) is 15.9 Å². The Bertz CT molecular complexity index is 712. The number of nitro groups is 1. The number of carbonyl (C=O) groups is 1. The summed E-state index contributed by atoms with van der Waals surface area (Å²) < 4.78 is 8.08. The summed E-state index contributed by atoms with van der Waals surface area (Å²) in [5.41, 5.74) is 1.62. The maximum atomic E-state index is 11.0. The number of carbonyl (C=O) groups excluding carboxylic acids is 1. The summed E-state index contributed by atoms with van der Waals surface area (Å²) >= 11 is 3.42. The van der Waals surface area contributed by atoms with Gasteiger partial charge in [-0.15, -0.1) is 0 Å². The third kappa shape index (κ3) is 3.10. The van der Waals surface area contributed by atoms with Crippen LogP contribution in [0.5, 0.6) is 5.75 Å². The molecule has 0 aliphatic heterocycles. The van der Waals surface area contributed by atoms with Crippen LogP contribution >= 0.6 is 15.9 Å². The van der Waals surface area contributed by atoms with Crippen LogP contribution in [-0.2, 0) is 13.7 Å². The Kier molecular flexibility index (Phi) is 4.37. The number of halogens is 1. The van der Waals surface area contributed by atoms with Gasteiger partial charge in [-0.05, 0) is 28.9 Å². The molecule has 0 saturated carbocycles. The number of nitrogens with zero attached hydrogens (tertiary/aromatic N) is 3. The number of rotatable bonds is 5. The number of hydrogen-bond donors (Lipinski definition) is 0. The quantitative estimate of drug-likeness (QED) is 0.468.